The van der Waals surface area contributed by atoms with Crippen molar-refractivity contribution in [2.24, 2.45) is 0 Å². The number of hydrogen-bond donors (Lipinski definition) is 4. The summed E-state index contributed by atoms with van der Waals surface area (Å²) in [5.74, 6) is -3.42. The van der Waals surface area contributed by atoms with E-state index in [0.717, 1.165) is 0 Å². The van der Waals surface area contributed by atoms with Gasteiger partial charge in [-0.3, -0.25) is 14.4 Å². The lowest BCUT2D eigenvalue weighted by atomic mass is 10.1. The number of carbonyl (C=O) groups excluding carboxylic acids is 2. The summed E-state index contributed by atoms with van der Waals surface area (Å²) in [6.07, 6.45) is 0.738. The highest BCUT2D eigenvalue weighted by molar-refractivity contribution is 6.00. The molecule has 108 valence electrons. The van der Waals surface area contributed by atoms with Crippen LogP contribution in [-0.4, -0.2) is 44.9 Å². The Labute approximate surface area is 113 Å². The van der Waals surface area contributed by atoms with Gasteiger partial charge in [0.15, 0.2) is 5.78 Å². The molecule has 1 amide bonds. The number of hydrogen-bond acceptors (Lipinski definition) is 4. The molecule has 20 heavy (non-hydrogen) atoms. The summed E-state index contributed by atoms with van der Waals surface area (Å²) >= 11 is 0. The number of aliphatic carboxylic acids is 2. The third kappa shape index (κ3) is 4.23. The summed E-state index contributed by atoms with van der Waals surface area (Å²) in [6.45, 7) is 1.33. The molecule has 1 rings (SSSR count). The Hall–Kier alpha value is -2.64. The van der Waals surface area contributed by atoms with Gasteiger partial charge < -0.3 is 20.5 Å². The SMILES string of the molecule is CC(=O)c1c[nH]c(C(=O)NC(CCC(=O)O)C(=O)O)c1. The van der Waals surface area contributed by atoms with Crippen LogP contribution in [0.2, 0.25) is 0 Å². The summed E-state index contributed by atoms with van der Waals surface area (Å²) in [5, 5.41) is 19.6. The number of nitrogens with one attached hydrogen (secondary N) is 2. The van der Waals surface area contributed by atoms with Gasteiger partial charge in [-0.05, 0) is 19.4 Å². The van der Waals surface area contributed by atoms with Gasteiger partial charge in [-0.25, -0.2) is 4.79 Å². The van der Waals surface area contributed by atoms with E-state index in [0.29, 0.717) is 5.56 Å². The van der Waals surface area contributed by atoms with Crippen LogP contribution in [0.1, 0.15) is 40.6 Å². The number of H-pyrrole nitrogens is 1. The largest absolute Gasteiger partial charge is 0.481 e. The molecule has 8 heteroatoms. The molecule has 0 fully saturated rings. The van der Waals surface area contributed by atoms with Crippen LogP contribution in [0.3, 0.4) is 0 Å². The average molecular weight is 282 g/mol. The van der Waals surface area contributed by atoms with Crippen LogP contribution in [0.15, 0.2) is 12.3 Å². The van der Waals surface area contributed by atoms with Crippen molar-refractivity contribution in [3.8, 4) is 0 Å². The second-order valence-electron chi connectivity index (χ2n) is 4.15. The van der Waals surface area contributed by atoms with E-state index in [1.54, 1.807) is 0 Å². The molecule has 0 radical (unpaired) electrons. The van der Waals surface area contributed by atoms with Gasteiger partial charge in [0.1, 0.15) is 11.7 Å². The van der Waals surface area contributed by atoms with Crippen molar-refractivity contribution in [2.45, 2.75) is 25.8 Å². The third-order valence-corrected chi connectivity index (χ3v) is 2.58. The molecular weight excluding hydrogens is 268 g/mol. The van der Waals surface area contributed by atoms with Crippen LogP contribution in [0.4, 0.5) is 0 Å². The molecule has 4 N–H and O–H groups in total. The van der Waals surface area contributed by atoms with E-state index in [1.807, 2.05) is 0 Å². The molecule has 0 aliphatic heterocycles. The first-order valence-corrected chi connectivity index (χ1v) is 5.76. The number of carboxylic acid groups (broad SMARTS) is 2. The zero-order chi connectivity index (χ0) is 15.3. The second-order valence-corrected chi connectivity index (χ2v) is 4.15. The van der Waals surface area contributed by atoms with Gasteiger partial charge in [0.2, 0.25) is 0 Å². The maximum atomic E-state index is 11.8. The quantitative estimate of drug-likeness (QED) is 0.530. The summed E-state index contributed by atoms with van der Waals surface area (Å²) < 4.78 is 0. The van der Waals surface area contributed by atoms with Crippen LogP contribution < -0.4 is 5.32 Å². The smallest absolute Gasteiger partial charge is 0.326 e. The molecule has 0 spiro atoms. The summed E-state index contributed by atoms with van der Waals surface area (Å²) in [6, 6.07) is -0.00370. The van der Waals surface area contributed by atoms with E-state index >= 15 is 0 Å². The van der Waals surface area contributed by atoms with Gasteiger partial charge in [-0.2, -0.15) is 0 Å². The lowest BCUT2D eigenvalue weighted by Gasteiger charge is -2.12. The second kappa shape index (κ2) is 6.50. The fourth-order valence-corrected chi connectivity index (χ4v) is 1.49. The lowest BCUT2D eigenvalue weighted by molar-refractivity contribution is -0.140. The van der Waals surface area contributed by atoms with E-state index in [-0.39, 0.29) is 24.3 Å². The van der Waals surface area contributed by atoms with Crippen LogP contribution in [-0.2, 0) is 9.59 Å². The van der Waals surface area contributed by atoms with Gasteiger partial charge in [-0.1, -0.05) is 0 Å². The van der Waals surface area contributed by atoms with Crippen molar-refractivity contribution >= 4 is 23.6 Å². The Bertz CT molecular complexity index is 548. The number of Topliss-reactive ketones (excluding diaryl/α,β-unsaturated/α-hetero) is 1. The third-order valence-electron chi connectivity index (χ3n) is 2.58. The fraction of sp³-hybridized carbons (Fsp3) is 0.333. The van der Waals surface area contributed by atoms with Crippen LogP contribution in [0.25, 0.3) is 0 Å². The van der Waals surface area contributed by atoms with E-state index in [1.165, 1.54) is 19.2 Å². The van der Waals surface area contributed by atoms with Crippen molar-refractivity contribution in [1.82, 2.24) is 10.3 Å². The summed E-state index contributed by atoms with van der Waals surface area (Å²) in [7, 11) is 0. The molecule has 0 saturated heterocycles. The van der Waals surface area contributed by atoms with Crippen LogP contribution >= 0.6 is 0 Å². The highest BCUT2D eigenvalue weighted by Gasteiger charge is 2.22. The minimum absolute atomic E-state index is 0.0387. The van der Waals surface area contributed by atoms with Gasteiger partial charge in [0.05, 0.1) is 0 Å². The van der Waals surface area contributed by atoms with Gasteiger partial charge >= 0.3 is 11.9 Å². The fourth-order valence-electron chi connectivity index (χ4n) is 1.49. The minimum Gasteiger partial charge on any atom is -0.481 e. The lowest BCUT2D eigenvalue weighted by Crippen LogP contribution is -2.41. The summed E-state index contributed by atoms with van der Waals surface area (Å²) in [4.78, 5) is 46.7. The van der Waals surface area contributed by atoms with Crippen molar-refractivity contribution in [3.05, 3.63) is 23.5 Å². The van der Waals surface area contributed by atoms with Gasteiger partial charge in [0, 0.05) is 18.2 Å². The maximum Gasteiger partial charge on any atom is 0.326 e. The molecule has 0 aromatic carbocycles. The molecule has 1 aromatic heterocycles. The van der Waals surface area contributed by atoms with E-state index in [9.17, 15) is 19.2 Å². The number of carboxylic acids is 2. The molecule has 1 heterocycles. The molecular formula is C12H14N2O6. The predicted octanol–water partition coefficient (Wildman–Crippen LogP) is 0.265. The normalized spacial score (nSPS) is 11.7. The Balaban J connectivity index is 2.72. The number of carbonyl (C=O) groups is 4. The van der Waals surface area contributed by atoms with Crippen molar-refractivity contribution in [3.63, 3.8) is 0 Å². The molecule has 0 aliphatic rings. The van der Waals surface area contributed by atoms with Crippen LogP contribution in [0, 0.1) is 0 Å². The Morgan fingerprint density at radius 2 is 1.95 bits per heavy atom. The Morgan fingerprint density at radius 1 is 1.30 bits per heavy atom. The molecule has 8 nitrogen and oxygen atoms in total. The van der Waals surface area contributed by atoms with Crippen molar-refractivity contribution in [2.75, 3.05) is 0 Å². The molecule has 1 unspecified atom stereocenters. The number of rotatable bonds is 7. The number of aromatic nitrogens is 1. The first kappa shape index (κ1) is 15.4. The van der Waals surface area contributed by atoms with Crippen molar-refractivity contribution < 1.29 is 29.4 Å². The number of ketones is 1. The van der Waals surface area contributed by atoms with Crippen LogP contribution in [0.5, 0.6) is 0 Å². The minimum atomic E-state index is -1.32. The zero-order valence-electron chi connectivity index (χ0n) is 10.7. The van der Waals surface area contributed by atoms with E-state index in [4.69, 9.17) is 10.2 Å². The van der Waals surface area contributed by atoms with Crippen molar-refractivity contribution in [1.29, 1.82) is 0 Å². The van der Waals surface area contributed by atoms with Gasteiger partial charge in [0.25, 0.3) is 5.91 Å². The highest BCUT2D eigenvalue weighted by atomic mass is 16.4. The molecule has 0 saturated carbocycles. The summed E-state index contributed by atoms with van der Waals surface area (Å²) in [5.41, 5.74) is 0.337. The molecule has 1 atom stereocenters. The molecule has 0 aliphatic carbocycles. The maximum absolute atomic E-state index is 11.8. The highest BCUT2D eigenvalue weighted by Crippen LogP contribution is 2.06. The Kier molecular flexibility index (Phi) is 5.01. The number of aromatic amines is 1. The first-order valence-electron chi connectivity index (χ1n) is 5.76. The topological polar surface area (TPSA) is 137 Å². The zero-order valence-corrected chi connectivity index (χ0v) is 10.7. The molecule has 1 aromatic rings. The van der Waals surface area contributed by atoms with E-state index in [2.05, 4.69) is 10.3 Å². The predicted molar refractivity (Wildman–Crippen MR) is 66.6 cm³/mol. The first-order chi connectivity index (χ1) is 9.31. The standard InChI is InChI=1S/C12H14N2O6/c1-6(15)7-4-9(13-5-7)11(18)14-8(12(19)20)2-3-10(16)17/h4-5,8,13H,2-3H2,1H3,(H,14,18)(H,16,17)(H,19,20). The van der Waals surface area contributed by atoms with Gasteiger partial charge in [-0.15, -0.1) is 0 Å². The monoisotopic (exact) mass is 282 g/mol. The number of amides is 1. The average Bonchev–Trinajstić information content (AvgIpc) is 2.83. The Morgan fingerprint density at radius 3 is 2.40 bits per heavy atom. The molecule has 0 bridgehead atoms. The van der Waals surface area contributed by atoms with E-state index < -0.39 is 23.9 Å².